The summed E-state index contributed by atoms with van der Waals surface area (Å²) in [5.74, 6) is 0.401. The molecule has 1 atom stereocenters. The predicted octanol–water partition coefficient (Wildman–Crippen LogP) is 2.29. The molecule has 0 saturated carbocycles. The number of benzene rings is 1. The summed E-state index contributed by atoms with van der Waals surface area (Å²) in [5, 5.41) is 31.9. The molecule has 0 aliphatic heterocycles. The molecule has 1 aromatic carbocycles. The van der Waals surface area contributed by atoms with E-state index in [0.29, 0.717) is 11.6 Å². The second kappa shape index (κ2) is 6.71. The number of hydrogen-bond donors (Lipinski definition) is 2. The zero-order valence-corrected chi connectivity index (χ0v) is 11.0. The first-order valence-corrected chi connectivity index (χ1v) is 6.03. The van der Waals surface area contributed by atoms with Gasteiger partial charge in [-0.25, -0.2) is 0 Å². The summed E-state index contributed by atoms with van der Waals surface area (Å²) in [6, 6.07) is 5.96. The second-order valence-electron chi connectivity index (χ2n) is 4.75. The lowest BCUT2D eigenvalue weighted by atomic mass is 10.0. The smallest absolute Gasteiger partial charge is 0.289 e. The maximum absolute atomic E-state index is 10.8. The number of nitro groups is 1. The lowest BCUT2D eigenvalue weighted by Crippen LogP contribution is -2.25. The number of rotatable bonds is 6. The van der Waals surface area contributed by atoms with Gasteiger partial charge in [0.25, 0.3) is 5.69 Å². The quantitative estimate of drug-likeness (QED) is 0.606. The molecule has 0 amide bonds. The average molecular weight is 263 g/mol. The molecule has 0 aliphatic carbocycles. The molecule has 0 bridgehead atoms. The van der Waals surface area contributed by atoms with Gasteiger partial charge in [0, 0.05) is 17.8 Å². The van der Waals surface area contributed by atoms with E-state index in [2.05, 4.69) is 5.32 Å². The van der Waals surface area contributed by atoms with Gasteiger partial charge < -0.3 is 10.4 Å². The molecule has 0 aromatic heterocycles. The van der Waals surface area contributed by atoms with E-state index >= 15 is 0 Å². The molecular formula is C13H17N3O3. The average Bonchev–Trinajstić information content (AvgIpc) is 2.37. The summed E-state index contributed by atoms with van der Waals surface area (Å²) in [4.78, 5) is 10.3. The fourth-order valence-corrected chi connectivity index (χ4v) is 1.85. The number of aliphatic hydroxyl groups excluding tert-OH is 1. The second-order valence-corrected chi connectivity index (χ2v) is 4.75. The Kier molecular flexibility index (Phi) is 5.27. The van der Waals surface area contributed by atoms with Crippen LogP contribution >= 0.6 is 0 Å². The highest BCUT2D eigenvalue weighted by atomic mass is 16.6. The summed E-state index contributed by atoms with van der Waals surface area (Å²) in [5.41, 5.74) is 0.332. The molecule has 0 radical (unpaired) electrons. The molecule has 0 aliphatic rings. The predicted molar refractivity (Wildman–Crippen MR) is 71.8 cm³/mol. The molecule has 0 spiro atoms. The number of hydrogen-bond acceptors (Lipinski definition) is 5. The van der Waals surface area contributed by atoms with E-state index in [1.54, 1.807) is 12.1 Å². The van der Waals surface area contributed by atoms with Crippen LogP contribution in [0.4, 0.5) is 11.4 Å². The molecular weight excluding hydrogens is 246 g/mol. The van der Waals surface area contributed by atoms with E-state index in [1.807, 2.05) is 13.8 Å². The zero-order valence-electron chi connectivity index (χ0n) is 11.0. The minimum absolute atomic E-state index is 0.0277. The Hall–Kier alpha value is -2.13. The van der Waals surface area contributed by atoms with Gasteiger partial charge >= 0.3 is 0 Å². The Balaban J connectivity index is 2.93. The third kappa shape index (κ3) is 4.23. The Labute approximate surface area is 111 Å². The maximum Gasteiger partial charge on any atom is 0.289 e. The van der Waals surface area contributed by atoms with E-state index < -0.39 is 4.92 Å². The lowest BCUT2D eigenvalue weighted by Gasteiger charge is -2.19. The fourth-order valence-electron chi connectivity index (χ4n) is 1.85. The Morgan fingerprint density at radius 1 is 1.53 bits per heavy atom. The lowest BCUT2D eigenvalue weighted by molar-refractivity contribution is -0.385. The van der Waals surface area contributed by atoms with Crippen LogP contribution in [0.5, 0.6) is 0 Å². The van der Waals surface area contributed by atoms with Crippen molar-refractivity contribution in [3.8, 4) is 6.07 Å². The summed E-state index contributed by atoms with van der Waals surface area (Å²) >= 11 is 0. The molecule has 6 nitrogen and oxygen atoms in total. The van der Waals surface area contributed by atoms with Crippen molar-refractivity contribution in [1.82, 2.24) is 0 Å². The highest BCUT2D eigenvalue weighted by Gasteiger charge is 2.16. The van der Waals surface area contributed by atoms with Crippen molar-refractivity contribution in [2.24, 2.45) is 5.92 Å². The van der Waals surface area contributed by atoms with Crippen molar-refractivity contribution in [1.29, 1.82) is 5.26 Å². The Bertz CT molecular complexity index is 494. The number of anilines is 1. The number of nitriles is 1. The minimum Gasteiger partial charge on any atom is -0.394 e. The molecule has 102 valence electrons. The van der Waals surface area contributed by atoms with Gasteiger partial charge in [-0.1, -0.05) is 13.8 Å². The summed E-state index contributed by atoms with van der Waals surface area (Å²) in [6.45, 7) is 4.02. The zero-order chi connectivity index (χ0) is 14.4. The van der Waals surface area contributed by atoms with Crippen molar-refractivity contribution in [3.63, 3.8) is 0 Å². The van der Waals surface area contributed by atoms with Crippen LogP contribution in [0, 0.1) is 27.4 Å². The van der Waals surface area contributed by atoms with E-state index in [1.165, 1.54) is 12.1 Å². The molecule has 1 unspecified atom stereocenters. The first kappa shape index (κ1) is 14.9. The standard InChI is InChI=1S/C13H17N3O3/c1-9(2)5-12(8-17)15-11-4-3-10(7-14)13(6-11)16(18)19/h3-4,6,9,12,15,17H,5,8H2,1-2H3. The minimum atomic E-state index is -0.583. The molecule has 6 heteroatoms. The van der Waals surface area contributed by atoms with Crippen molar-refractivity contribution < 1.29 is 10.0 Å². The van der Waals surface area contributed by atoms with Gasteiger partial charge in [0.1, 0.15) is 11.6 Å². The third-order valence-corrected chi connectivity index (χ3v) is 2.66. The molecule has 0 fully saturated rings. The largest absolute Gasteiger partial charge is 0.394 e. The van der Waals surface area contributed by atoms with Crippen LogP contribution in [0.1, 0.15) is 25.8 Å². The van der Waals surface area contributed by atoms with E-state index in [4.69, 9.17) is 5.26 Å². The number of aliphatic hydroxyl groups is 1. The maximum atomic E-state index is 10.8. The van der Waals surface area contributed by atoms with Crippen LogP contribution in [-0.4, -0.2) is 22.7 Å². The SMILES string of the molecule is CC(C)CC(CO)Nc1ccc(C#N)c([N+](=O)[O-])c1. The van der Waals surface area contributed by atoms with Gasteiger partial charge in [-0.05, 0) is 24.5 Å². The molecule has 2 N–H and O–H groups in total. The molecule has 1 aromatic rings. The number of nitrogens with zero attached hydrogens (tertiary/aromatic N) is 2. The molecule has 0 heterocycles. The van der Waals surface area contributed by atoms with Crippen LogP contribution in [0.3, 0.4) is 0 Å². The van der Waals surface area contributed by atoms with Crippen LogP contribution in [-0.2, 0) is 0 Å². The molecule has 1 rings (SSSR count). The Morgan fingerprint density at radius 2 is 2.21 bits per heavy atom. The van der Waals surface area contributed by atoms with Crippen LogP contribution in [0.2, 0.25) is 0 Å². The van der Waals surface area contributed by atoms with Gasteiger partial charge in [0.2, 0.25) is 0 Å². The van der Waals surface area contributed by atoms with Crippen molar-refractivity contribution in [2.45, 2.75) is 26.3 Å². The van der Waals surface area contributed by atoms with E-state index in [-0.39, 0.29) is 23.9 Å². The van der Waals surface area contributed by atoms with Crippen molar-refractivity contribution in [3.05, 3.63) is 33.9 Å². The molecule has 19 heavy (non-hydrogen) atoms. The van der Waals surface area contributed by atoms with E-state index in [0.717, 1.165) is 6.42 Å². The monoisotopic (exact) mass is 263 g/mol. The number of nitro benzene ring substituents is 1. The van der Waals surface area contributed by atoms with Gasteiger partial charge in [0.05, 0.1) is 11.5 Å². The van der Waals surface area contributed by atoms with Crippen LogP contribution < -0.4 is 5.32 Å². The highest BCUT2D eigenvalue weighted by molar-refractivity contribution is 5.59. The summed E-state index contributed by atoms with van der Waals surface area (Å²) in [7, 11) is 0. The fraction of sp³-hybridized carbons (Fsp3) is 0.462. The summed E-state index contributed by atoms with van der Waals surface area (Å²) in [6.07, 6.45) is 0.754. The Morgan fingerprint density at radius 3 is 2.68 bits per heavy atom. The number of nitrogens with one attached hydrogen (secondary N) is 1. The van der Waals surface area contributed by atoms with Gasteiger partial charge in [-0.15, -0.1) is 0 Å². The summed E-state index contributed by atoms with van der Waals surface area (Å²) < 4.78 is 0. The van der Waals surface area contributed by atoms with Gasteiger partial charge in [-0.2, -0.15) is 5.26 Å². The first-order valence-electron chi connectivity index (χ1n) is 6.03. The molecule has 0 saturated heterocycles. The topological polar surface area (TPSA) is 99.2 Å². The normalized spacial score (nSPS) is 11.9. The van der Waals surface area contributed by atoms with Crippen LogP contribution in [0.15, 0.2) is 18.2 Å². The first-order chi connectivity index (χ1) is 8.97. The van der Waals surface area contributed by atoms with Gasteiger partial charge in [-0.3, -0.25) is 10.1 Å². The van der Waals surface area contributed by atoms with Crippen LogP contribution in [0.25, 0.3) is 0 Å². The highest BCUT2D eigenvalue weighted by Crippen LogP contribution is 2.23. The van der Waals surface area contributed by atoms with Gasteiger partial charge in [0.15, 0.2) is 0 Å². The van der Waals surface area contributed by atoms with Crippen molar-refractivity contribution in [2.75, 3.05) is 11.9 Å². The van der Waals surface area contributed by atoms with E-state index in [9.17, 15) is 15.2 Å². The van der Waals surface area contributed by atoms with Crippen molar-refractivity contribution >= 4 is 11.4 Å². The third-order valence-electron chi connectivity index (χ3n) is 2.66.